The lowest BCUT2D eigenvalue weighted by Gasteiger charge is -2.24. The summed E-state index contributed by atoms with van der Waals surface area (Å²) in [5.74, 6) is 0. The van der Waals surface area contributed by atoms with Gasteiger partial charge in [-0.05, 0) is 44.7 Å². The molecule has 0 amide bonds. The molecule has 0 atom stereocenters. The predicted molar refractivity (Wildman–Crippen MR) is 93.8 cm³/mol. The van der Waals surface area contributed by atoms with Gasteiger partial charge in [-0.3, -0.25) is 0 Å². The second kappa shape index (κ2) is 9.05. The van der Waals surface area contributed by atoms with Gasteiger partial charge in [0.2, 0.25) is 10.0 Å². The van der Waals surface area contributed by atoms with Gasteiger partial charge in [-0.2, -0.15) is 9.57 Å². The van der Waals surface area contributed by atoms with Crippen molar-refractivity contribution < 1.29 is 8.42 Å². The maximum absolute atomic E-state index is 13.1. The van der Waals surface area contributed by atoms with Gasteiger partial charge in [0, 0.05) is 19.5 Å². The lowest BCUT2D eigenvalue weighted by molar-refractivity contribution is 0.394. The molecule has 0 bridgehead atoms. The number of rotatable bonds is 9. The fourth-order valence-corrected chi connectivity index (χ4v) is 4.86. The second-order valence-electron chi connectivity index (χ2n) is 6.10. The van der Waals surface area contributed by atoms with Crippen LogP contribution >= 0.6 is 0 Å². The van der Waals surface area contributed by atoms with Crippen LogP contribution in [0.4, 0.5) is 0 Å². The van der Waals surface area contributed by atoms with Crippen molar-refractivity contribution in [3.8, 4) is 6.07 Å². The highest BCUT2D eigenvalue weighted by Gasteiger charge is 2.27. The summed E-state index contributed by atoms with van der Waals surface area (Å²) in [6, 6.07) is 5.92. The first-order valence-electron chi connectivity index (χ1n) is 8.29. The van der Waals surface area contributed by atoms with E-state index in [1.54, 1.807) is 4.31 Å². The Bertz CT molecular complexity index is 637. The Kier molecular flexibility index (Phi) is 7.74. The summed E-state index contributed by atoms with van der Waals surface area (Å²) in [6.07, 6.45) is 3.87. The van der Waals surface area contributed by atoms with Crippen LogP contribution < -0.4 is 0 Å². The number of nitriles is 1. The van der Waals surface area contributed by atoms with Gasteiger partial charge in [-0.25, -0.2) is 8.42 Å². The molecule has 1 rings (SSSR count). The molecule has 0 aliphatic carbocycles. The standard InChI is InChI=1S/C18H28N2O2S/c1-5-6-8-11-20(12-9-7-10-19)23(21,22)18-16(3)13-15(2)14-17(18)4/h13-14H,5-9,11-12H2,1-4H3. The molecule has 0 unspecified atom stereocenters. The van der Waals surface area contributed by atoms with Crippen LogP contribution in [0.1, 0.15) is 55.7 Å². The molecule has 23 heavy (non-hydrogen) atoms. The third kappa shape index (κ3) is 5.33. The number of hydrogen-bond donors (Lipinski definition) is 0. The molecule has 0 N–H and O–H groups in total. The molecule has 0 heterocycles. The van der Waals surface area contributed by atoms with E-state index >= 15 is 0 Å². The Balaban J connectivity index is 3.13. The van der Waals surface area contributed by atoms with Gasteiger partial charge < -0.3 is 0 Å². The molecule has 4 nitrogen and oxygen atoms in total. The Labute approximate surface area is 141 Å². The van der Waals surface area contributed by atoms with Gasteiger partial charge in [0.1, 0.15) is 0 Å². The molecular formula is C18H28N2O2S. The molecule has 1 aromatic carbocycles. The van der Waals surface area contributed by atoms with Crippen LogP contribution in [0.25, 0.3) is 0 Å². The van der Waals surface area contributed by atoms with E-state index in [-0.39, 0.29) is 0 Å². The molecular weight excluding hydrogens is 308 g/mol. The number of unbranched alkanes of at least 4 members (excludes halogenated alkanes) is 3. The van der Waals surface area contributed by atoms with Crippen molar-refractivity contribution in [2.45, 2.75) is 64.7 Å². The Hall–Kier alpha value is -1.38. The minimum atomic E-state index is -3.52. The fourth-order valence-electron chi connectivity index (χ4n) is 2.93. The highest BCUT2D eigenvalue weighted by atomic mass is 32.2. The summed E-state index contributed by atoms with van der Waals surface area (Å²) in [6.45, 7) is 8.71. The summed E-state index contributed by atoms with van der Waals surface area (Å²) in [5.41, 5.74) is 2.66. The minimum absolute atomic E-state index is 0.381. The number of aryl methyl sites for hydroxylation is 3. The van der Waals surface area contributed by atoms with Crippen molar-refractivity contribution in [2.75, 3.05) is 13.1 Å². The molecule has 0 saturated carbocycles. The van der Waals surface area contributed by atoms with E-state index in [0.717, 1.165) is 36.0 Å². The summed E-state index contributed by atoms with van der Waals surface area (Å²) in [7, 11) is -3.52. The first-order valence-corrected chi connectivity index (χ1v) is 9.73. The monoisotopic (exact) mass is 336 g/mol. The van der Waals surface area contributed by atoms with E-state index in [9.17, 15) is 8.42 Å². The third-order valence-electron chi connectivity index (χ3n) is 3.91. The van der Waals surface area contributed by atoms with E-state index in [1.165, 1.54) is 0 Å². The lowest BCUT2D eigenvalue weighted by atomic mass is 10.1. The molecule has 0 aromatic heterocycles. The van der Waals surface area contributed by atoms with Crippen molar-refractivity contribution >= 4 is 10.0 Å². The number of benzene rings is 1. The second-order valence-corrected chi connectivity index (χ2v) is 7.98. The highest BCUT2D eigenvalue weighted by molar-refractivity contribution is 7.89. The zero-order chi connectivity index (χ0) is 17.5. The minimum Gasteiger partial charge on any atom is -0.207 e. The van der Waals surface area contributed by atoms with Gasteiger partial charge in [0.05, 0.1) is 11.0 Å². The maximum atomic E-state index is 13.1. The Morgan fingerprint density at radius 2 is 1.61 bits per heavy atom. The van der Waals surface area contributed by atoms with Crippen LogP contribution in [0, 0.1) is 32.1 Å². The molecule has 0 aliphatic heterocycles. The molecule has 128 valence electrons. The molecule has 0 spiro atoms. The van der Waals surface area contributed by atoms with Crippen LogP contribution in [0.5, 0.6) is 0 Å². The van der Waals surface area contributed by atoms with E-state index in [2.05, 4.69) is 13.0 Å². The first-order chi connectivity index (χ1) is 10.8. The molecule has 0 radical (unpaired) electrons. The topological polar surface area (TPSA) is 61.2 Å². The van der Waals surface area contributed by atoms with Gasteiger partial charge in [-0.1, -0.05) is 37.5 Å². The fraction of sp³-hybridized carbons (Fsp3) is 0.611. The molecule has 1 aromatic rings. The molecule has 0 aliphatic rings. The molecule has 0 saturated heterocycles. The third-order valence-corrected chi connectivity index (χ3v) is 6.11. The SMILES string of the molecule is CCCCCN(CCCC#N)S(=O)(=O)c1c(C)cc(C)cc1C. The number of hydrogen-bond acceptors (Lipinski definition) is 3. The average molecular weight is 337 g/mol. The summed E-state index contributed by atoms with van der Waals surface area (Å²) >= 11 is 0. The highest BCUT2D eigenvalue weighted by Crippen LogP contribution is 2.26. The quantitative estimate of drug-likeness (QED) is 0.638. The van der Waals surface area contributed by atoms with Crippen LogP contribution in [0.15, 0.2) is 17.0 Å². The summed E-state index contributed by atoms with van der Waals surface area (Å²) in [5, 5.41) is 8.71. The summed E-state index contributed by atoms with van der Waals surface area (Å²) in [4.78, 5) is 0.427. The van der Waals surface area contributed by atoms with Gasteiger partial charge in [0.15, 0.2) is 0 Å². The van der Waals surface area contributed by atoms with Gasteiger partial charge in [-0.15, -0.1) is 0 Å². The van der Waals surface area contributed by atoms with Crippen LogP contribution in [-0.2, 0) is 10.0 Å². The van der Waals surface area contributed by atoms with Crippen molar-refractivity contribution in [2.24, 2.45) is 0 Å². The predicted octanol–water partition coefficient (Wildman–Crippen LogP) is 4.10. The van der Waals surface area contributed by atoms with Crippen LogP contribution in [0.2, 0.25) is 0 Å². The van der Waals surface area contributed by atoms with E-state index in [0.29, 0.717) is 30.8 Å². The lowest BCUT2D eigenvalue weighted by Crippen LogP contribution is -2.34. The zero-order valence-electron chi connectivity index (χ0n) is 14.7. The summed E-state index contributed by atoms with van der Waals surface area (Å²) < 4.78 is 27.8. The smallest absolute Gasteiger partial charge is 0.207 e. The van der Waals surface area contributed by atoms with Gasteiger partial charge in [0.25, 0.3) is 0 Å². The van der Waals surface area contributed by atoms with E-state index < -0.39 is 10.0 Å². The van der Waals surface area contributed by atoms with E-state index in [1.807, 2.05) is 32.9 Å². The van der Waals surface area contributed by atoms with Crippen molar-refractivity contribution in [1.82, 2.24) is 4.31 Å². The largest absolute Gasteiger partial charge is 0.243 e. The number of sulfonamides is 1. The van der Waals surface area contributed by atoms with Crippen molar-refractivity contribution in [3.05, 3.63) is 28.8 Å². The van der Waals surface area contributed by atoms with Crippen LogP contribution in [0.3, 0.4) is 0 Å². The zero-order valence-corrected chi connectivity index (χ0v) is 15.5. The number of nitrogens with zero attached hydrogens (tertiary/aromatic N) is 2. The molecule has 0 fully saturated rings. The van der Waals surface area contributed by atoms with Crippen molar-refractivity contribution in [1.29, 1.82) is 5.26 Å². The Morgan fingerprint density at radius 1 is 1.04 bits per heavy atom. The average Bonchev–Trinajstić information content (AvgIpc) is 2.44. The van der Waals surface area contributed by atoms with E-state index in [4.69, 9.17) is 5.26 Å². The first kappa shape index (κ1) is 19.7. The Morgan fingerprint density at radius 3 is 2.13 bits per heavy atom. The molecule has 5 heteroatoms. The van der Waals surface area contributed by atoms with Crippen LogP contribution in [-0.4, -0.2) is 25.8 Å². The van der Waals surface area contributed by atoms with Crippen molar-refractivity contribution in [3.63, 3.8) is 0 Å². The van der Waals surface area contributed by atoms with Gasteiger partial charge >= 0.3 is 0 Å². The maximum Gasteiger partial charge on any atom is 0.243 e. The normalized spacial score (nSPS) is 11.7.